The molecule has 0 saturated carbocycles. The lowest BCUT2D eigenvalue weighted by Crippen LogP contribution is -2.16. The van der Waals surface area contributed by atoms with Gasteiger partial charge in [0.05, 0.1) is 18.6 Å². The van der Waals surface area contributed by atoms with E-state index in [4.69, 9.17) is 16.3 Å². The molecule has 0 aliphatic heterocycles. The second-order valence-corrected chi connectivity index (χ2v) is 5.54. The summed E-state index contributed by atoms with van der Waals surface area (Å²) in [5, 5.41) is 3.42. The molecule has 0 aliphatic rings. The van der Waals surface area contributed by atoms with Gasteiger partial charge in [-0.15, -0.1) is 0 Å². The lowest BCUT2D eigenvalue weighted by Gasteiger charge is -2.10. The van der Waals surface area contributed by atoms with Crippen molar-refractivity contribution in [1.82, 2.24) is 0 Å². The van der Waals surface area contributed by atoms with E-state index in [1.165, 1.54) is 0 Å². The summed E-state index contributed by atoms with van der Waals surface area (Å²) in [6.45, 7) is 3.92. The maximum absolute atomic E-state index is 12.2. The number of halogens is 1. The quantitative estimate of drug-likeness (QED) is 0.842. The lowest BCUT2D eigenvalue weighted by molar-refractivity contribution is -0.115. The smallest absolute Gasteiger partial charge is 0.338 e. The number of carbonyl (C=O) groups excluding carboxylic acids is 2. The number of benzene rings is 2. The second kappa shape index (κ2) is 7.79. The first-order valence-corrected chi connectivity index (χ1v) is 7.69. The van der Waals surface area contributed by atoms with E-state index in [0.29, 0.717) is 22.9 Å². The summed E-state index contributed by atoms with van der Waals surface area (Å²) < 4.78 is 4.97. The molecule has 120 valence electrons. The Kier molecular flexibility index (Phi) is 5.77. The predicted octanol–water partition coefficient (Wildman–Crippen LogP) is 4.01. The fourth-order valence-electron chi connectivity index (χ4n) is 2.12. The van der Waals surface area contributed by atoms with E-state index in [2.05, 4.69) is 5.32 Å². The first-order chi connectivity index (χ1) is 11.0. The van der Waals surface area contributed by atoms with E-state index >= 15 is 0 Å². The molecule has 2 aromatic carbocycles. The largest absolute Gasteiger partial charge is 0.462 e. The van der Waals surface area contributed by atoms with Crippen LogP contribution in [-0.4, -0.2) is 18.5 Å². The zero-order valence-electron chi connectivity index (χ0n) is 13.1. The second-order valence-electron chi connectivity index (χ2n) is 5.11. The predicted molar refractivity (Wildman–Crippen MR) is 90.9 cm³/mol. The van der Waals surface area contributed by atoms with Gasteiger partial charge in [0.2, 0.25) is 5.91 Å². The topological polar surface area (TPSA) is 55.4 Å². The number of amides is 1. The van der Waals surface area contributed by atoms with Gasteiger partial charge < -0.3 is 10.1 Å². The fourth-order valence-corrected chi connectivity index (χ4v) is 2.34. The Hall–Kier alpha value is -2.33. The number of rotatable bonds is 5. The van der Waals surface area contributed by atoms with Crippen molar-refractivity contribution in [3.8, 4) is 0 Å². The molecule has 0 bridgehead atoms. The average Bonchev–Trinajstić information content (AvgIpc) is 2.49. The Bertz CT molecular complexity index is 728. The minimum absolute atomic E-state index is 0.170. The fraction of sp³-hybridized carbons (Fsp3) is 0.222. The molecule has 2 aromatic rings. The SMILES string of the molecule is CCOC(=O)c1ccc(C)c(NC(=O)Cc2cccc(Cl)c2)c1. The van der Waals surface area contributed by atoms with Gasteiger partial charge in [-0.3, -0.25) is 4.79 Å². The average molecular weight is 332 g/mol. The van der Waals surface area contributed by atoms with Crippen molar-refractivity contribution >= 4 is 29.2 Å². The molecule has 5 heteroatoms. The summed E-state index contributed by atoms with van der Waals surface area (Å²) in [6, 6.07) is 12.2. The molecule has 4 nitrogen and oxygen atoms in total. The van der Waals surface area contributed by atoms with Gasteiger partial charge in [0.25, 0.3) is 0 Å². The number of carbonyl (C=O) groups is 2. The number of esters is 1. The number of ether oxygens (including phenoxy) is 1. The van der Waals surface area contributed by atoms with Crippen LogP contribution < -0.4 is 5.32 Å². The molecular formula is C18H18ClNO3. The molecule has 0 radical (unpaired) electrons. The highest BCUT2D eigenvalue weighted by atomic mass is 35.5. The molecule has 2 rings (SSSR count). The standard InChI is InChI=1S/C18H18ClNO3/c1-3-23-18(22)14-8-7-12(2)16(11-14)20-17(21)10-13-5-4-6-15(19)9-13/h4-9,11H,3,10H2,1-2H3,(H,20,21). The van der Waals surface area contributed by atoms with Gasteiger partial charge in [0.15, 0.2) is 0 Å². The zero-order chi connectivity index (χ0) is 16.8. The molecule has 0 aromatic heterocycles. The minimum atomic E-state index is -0.405. The van der Waals surface area contributed by atoms with E-state index in [1.54, 1.807) is 43.3 Å². The highest BCUT2D eigenvalue weighted by molar-refractivity contribution is 6.30. The molecule has 1 N–H and O–H groups in total. The van der Waals surface area contributed by atoms with Crippen LogP contribution in [0.15, 0.2) is 42.5 Å². The van der Waals surface area contributed by atoms with E-state index in [1.807, 2.05) is 13.0 Å². The Labute approximate surface area is 140 Å². The normalized spacial score (nSPS) is 10.2. The minimum Gasteiger partial charge on any atom is -0.462 e. The number of anilines is 1. The van der Waals surface area contributed by atoms with Crippen molar-refractivity contribution in [3.63, 3.8) is 0 Å². The molecule has 1 amide bonds. The molecule has 0 fully saturated rings. The Morgan fingerprint density at radius 2 is 1.96 bits per heavy atom. The van der Waals surface area contributed by atoms with Crippen molar-refractivity contribution < 1.29 is 14.3 Å². The molecule has 23 heavy (non-hydrogen) atoms. The number of aryl methyl sites for hydroxylation is 1. The van der Waals surface area contributed by atoms with Crippen LogP contribution in [0.1, 0.15) is 28.4 Å². The van der Waals surface area contributed by atoms with Crippen molar-refractivity contribution in [1.29, 1.82) is 0 Å². The van der Waals surface area contributed by atoms with Crippen LogP contribution in [0.5, 0.6) is 0 Å². The summed E-state index contributed by atoms with van der Waals surface area (Å²) in [4.78, 5) is 24.0. The third kappa shape index (κ3) is 4.83. The summed E-state index contributed by atoms with van der Waals surface area (Å²) >= 11 is 5.92. The van der Waals surface area contributed by atoms with Crippen LogP contribution in [-0.2, 0) is 16.0 Å². The van der Waals surface area contributed by atoms with Crippen molar-refractivity contribution in [2.45, 2.75) is 20.3 Å². The van der Waals surface area contributed by atoms with E-state index in [-0.39, 0.29) is 12.3 Å². The lowest BCUT2D eigenvalue weighted by atomic mass is 10.1. The highest BCUT2D eigenvalue weighted by Gasteiger charge is 2.11. The van der Waals surface area contributed by atoms with Gasteiger partial charge in [0.1, 0.15) is 0 Å². The van der Waals surface area contributed by atoms with Crippen LogP contribution in [0.3, 0.4) is 0 Å². The first kappa shape index (κ1) is 17.0. The maximum Gasteiger partial charge on any atom is 0.338 e. The van der Waals surface area contributed by atoms with Crippen molar-refractivity contribution in [2.24, 2.45) is 0 Å². The summed E-state index contributed by atoms with van der Waals surface area (Å²) in [7, 11) is 0. The van der Waals surface area contributed by atoms with Gasteiger partial charge in [-0.2, -0.15) is 0 Å². The van der Waals surface area contributed by atoms with Crippen molar-refractivity contribution in [3.05, 3.63) is 64.2 Å². The van der Waals surface area contributed by atoms with Crippen LogP contribution in [0, 0.1) is 6.92 Å². The first-order valence-electron chi connectivity index (χ1n) is 7.31. The monoisotopic (exact) mass is 331 g/mol. The van der Waals surface area contributed by atoms with Gasteiger partial charge in [-0.1, -0.05) is 29.8 Å². The van der Waals surface area contributed by atoms with E-state index in [0.717, 1.165) is 11.1 Å². The Balaban J connectivity index is 2.11. The summed E-state index contributed by atoms with van der Waals surface area (Å²) in [6.07, 6.45) is 0.212. The van der Waals surface area contributed by atoms with E-state index < -0.39 is 5.97 Å². The molecule has 0 heterocycles. The molecule has 0 saturated heterocycles. The Morgan fingerprint density at radius 1 is 1.17 bits per heavy atom. The third-order valence-electron chi connectivity index (χ3n) is 3.28. The maximum atomic E-state index is 12.2. The molecule has 0 atom stereocenters. The van der Waals surface area contributed by atoms with Crippen LogP contribution in [0.4, 0.5) is 5.69 Å². The Morgan fingerprint density at radius 3 is 2.65 bits per heavy atom. The number of hydrogen-bond donors (Lipinski definition) is 1. The summed E-state index contributed by atoms with van der Waals surface area (Å²) in [5.41, 5.74) is 2.71. The molecule has 0 aliphatic carbocycles. The van der Waals surface area contributed by atoms with Gasteiger partial charge >= 0.3 is 5.97 Å². The van der Waals surface area contributed by atoms with E-state index in [9.17, 15) is 9.59 Å². The number of hydrogen-bond acceptors (Lipinski definition) is 3. The van der Waals surface area contributed by atoms with Crippen molar-refractivity contribution in [2.75, 3.05) is 11.9 Å². The molecule has 0 spiro atoms. The van der Waals surface area contributed by atoms with Crippen LogP contribution in [0.25, 0.3) is 0 Å². The van der Waals surface area contributed by atoms with Gasteiger partial charge in [-0.05, 0) is 49.2 Å². The zero-order valence-corrected chi connectivity index (χ0v) is 13.8. The van der Waals surface area contributed by atoms with Gasteiger partial charge in [-0.25, -0.2) is 4.79 Å². The highest BCUT2D eigenvalue weighted by Crippen LogP contribution is 2.18. The summed E-state index contributed by atoms with van der Waals surface area (Å²) in [5.74, 6) is -0.575. The molecular weight excluding hydrogens is 314 g/mol. The van der Waals surface area contributed by atoms with Crippen LogP contribution >= 0.6 is 11.6 Å². The van der Waals surface area contributed by atoms with Crippen LogP contribution in [0.2, 0.25) is 5.02 Å². The third-order valence-corrected chi connectivity index (χ3v) is 3.51. The molecule has 0 unspecified atom stereocenters. The number of nitrogens with one attached hydrogen (secondary N) is 1. The van der Waals surface area contributed by atoms with Gasteiger partial charge in [0, 0.05) is 10.7 Å².